The quantitative estimate of drug-likeness (QED) is 0.668. The number of carbonyl (C=O) groups excluding carboxylic acids is 2. The highest BCUT2D eigenvalue weighted by Crippen LogP contribution is 2.30. The van der Waals surface area contributed by atoms with Gasteiger partial charge in [0.25, 0.3) is 5.91 Å². The molecule has 18 heavy (non-hydrogen) atoms. The maximum absolute atomic E-state index is 12.2. The molecule has 1 saturated heterocycles. The molecule has 0 bridgehead atoms. The first-order chi connectivity index (χ1) is 8.49. The normalized spacial score (nSPS) is 22.8. The lowest BCUT2D eigenvalue weighted by atomic mass is 9.92. The average molecular weight is 308 g/mol. The van der Waals surface area contributed by atoms with E-state index in [1.165, 1.54) is 0 Å². The molecule has 1 aliphatic rings. The Labute approximate surface area is 113 Å². The summed E-state index contributed by atoms with van der Waals surface area (Å²) < 4.78 is 0.821. The van der Waals surface area contributed by atoms with Crippen LogP contribution >= 0.6 is 15.9 Å². The Morgan fingerprint density at radius 3 is 2.83 bits per heavy atom. The van der Waals surface area contributed by atoms with Crippen molar-refractivity contribution in [1.82, 2.24) is 10.2 Å². The summed E-state index contributed by atoms with van der Waals surface area (Å²) in [6, 6.07) is 8.43. The molecule has 0 aliphatic carbocycles. The van der Waals surface area contributed by atoms with Crippen molar-refractivity contribution < 1.29 is 9.59 Å². The van der Waals surface area contributed by atoms with Crippen LogP contribution in [-0.4, -0.2) is 23.4 Å². The number of benzene rings is 1. The number of imide groups is 1. The van der Waals surface area contributed by atoms with Crippen LogP contribution < -0.4 is 5.32 Å². The number of carbonyl (C=O) groups is 2. The lowest BCUT2D eigenvalue weighted by Gasteiger charge is -2.21. The van der Waals surface area contributed by atoms with Crippen molar-refractivity contribution in [3.63, 3.8) is 0 Å². The predicted molar refractivity (Wildman–Crippen MR) is 67.4 cm³/mol. The average Bonchev–Trinajstić information content (AvgIpc) is 2.55. The third-order valence-corrected chi connectivity index (χ3v) is 3.40. The Morgan fingerprint density at radius 1 is 1.50 bits per heavy atom. The first-order valence-electron chi connectivity index (χ1n) is 5.26. The minimum absolute atomic E-state index is 0.242. The molecule has 0 aromatic heterocycles. The third-order valence-electron chi connectivity index (χ3n) is 2.91. The largest absolute Gasteiger partial charge is 0.326 e. The Balaban J connectivity index is 2.42. The molecule has 2 rings (SSSR count). The number of nitriles is 1. The van der Waals surface area contributed by atoms with E-state index < -0.39 is 17.5 Å². The van der Waals surface area contributed by atoms with Crippen LogP contribution in [0.5, 0.6) is 0 Å². The molecule has 0 radical (unpaired) electrons. The minimum Gasteiger partial charge on any atom is -0.319 e. The SMILES string of the molecule is CC1(c2cccc(Br)c2)NC(=O)N(CC#N)C1=O. The van der Waals surface area contributed by atoms with Crippen LogP contribution in [0.15, 0.2) is 28.7 Å². The van der Waals surface area contributed by atoms with E-state index >= 15 is 0 Å². The molecule has 1 fully saturated rings. The summed E-state index contributed by atoms with van der Waals surface area (Å²) in [5, 5.41) is 11.2. The molecule has 1 aromatic rings. The molecular formula is C12H10BrN3O2. The number of urea groups is 1. The molecule has 92 valence electrons. The summed E-state index contributed by atoms with van der Waals surface area (Å²) >= 11 is 3.32. The van der Waals surface area contributed by atoms with E-state index in [0.717, 1.165) is 9.37 Å². The topological polar surface area (TPSA) is 73.2 Å². The molecule has 0 saturated carbocycles. The molecular weight excluding hydrogens is 298 g/mol. The van der Waals surface area contributed by atoms with Gasteiger partial charge in [-0.15, -0.1) is 0 Å². The van der Waals surface area contributed by atoms with Gasteiger partial charge in [0, 0.05) is 4.47 Å². The third kappa shape index (κ3) is 1.87. The van der Waals surface area contributed by atoms with Crippen molar-refractivity contribution in [3.05, 3.63) is 34.3 Å². The van der Waals surface area contributed by atoms with E-state index in [1.807, 2.05) is 6.07 Å². The summed E-state index contributed by atoms with van der Waals surface area (Å²) in [5.74, 6) is -0.410. The van der Waals surface area contributed by atoms with E-state index in [4.69, 9.17) is 5.26 Å². The number of nitrogens with one attached hydrogen (secondary N) is 1. The maximum atomic E-state index is 12.2. The van der Waals surface area contributed by atoms with Crippen LogP contribution in [0.1, 0.15) is 12.5 Å². The van der Waals surface area contributed by atoms with E-state index in [2.05, 4.69) is 21.2 Å². The van der Waals surface area contributed by atoms with Gasteiger partial charge in [0.1, 0.15) is 12.1 Å². The molecule has 1 unspecified atom stereocenters. The highest BCUT2D eigenvalue weighted by molar-refractivity contribution is 9.10. The summed E-state index contributed by atoms with van der Waals surface area (Å²) in [6.07, 6.45) is 0. The van der Waals surface area contributed by atoms with E-state index in [-0.39, 0.29) is 6.54 Å². The Kier molecular flexibility index (Phi) is 3.09. The summed E-state index contributed by atoms with van der Waals surface area (Å²) in [4.78, 5) is 24.8. The number of rotatable bonds is 2. The fraction of sp³-hybridized carbons (Fsp3) is 0.250. The molecule has 5 nitrogen and oxygen atoms in total. The molecule has 1 atom stereocenters. The Bertz CT molecular complexity index is 567. The molecule has 1 heterocycles. The first kappa shape index (κ1) is 12.6. The van der Waals surface area contributed by atoms with Crippen LogP contribution in [-0.2, 0) is 10.3 Å². The van der Waals surface area contributed by atoms with Gasteiger partial charge in [-0.2, -0.15) is 5.26 Å². The van der Waals surface area contributed by atoms with E-state index in [0.29, 0.717) is 5.56 Å². The van der Waals surface area contributed by atoms with Gasteiger partial charge < -0.3 is 5.32 Å². The highest BCUT2D eigenvalue weighted by Gasteiger charge is 2.48. The van der Waals surface area contributed by atoms with Gasteiger partial charge in [-0.3, -0.25) is 4.79 Å². The van der Waals surface area contributed by atoms with Gasteiger partial charge in [0.15, 0.2) is 0 Å². The molecule has 1 aliphatic heterocycles. The molecule has 1 aromatic carbocycles. The van der Waals surface area contributed by atoms with Crippen molar-refractivity contribution in [1.29, 1.82) is 5.26 Å². The van der Waals surface area contributed by atoms with Gasteiger partial charge in [-0.25, -0.2) is 9.69 Å². The second-order valence-electron chi connectivity index (χ2n) is 4.11. The number of nitrogens with zero attached hydrogens (tertiary/aromatic N) is 2. The van der Waals surface area contributed by atoms with Gasteiger partial charge in [-0.1, -0.05) is 28.1 Å². The molecule has 6 heteroatoms. The fourth-order valence-electron chi connectivity index (χ4n) is 1.91. The van der Waals surface area contributed by atoms with Crippen molar-refractivity contribution in [2.45, 2.75) is 12.5 Å². The molecule has 3 amide bonds. The number of halogens is 1. The summed E-state index contributed by atoms with van der Waals surface area (Å²) in [7, 11) is 0. The zero-order valence-electron chi connectivity index (χ0n) is 9.61. The first-order valence-corrected chi connectivity index (χ1v) is 6.05. The number of hydrogen-bond acceptors (Lipinski definition) is 3. The maximum Gasteiger partial charge on any atom is 0.326 e. The minimum atomic E-state index is -1.11. The van der Waals surface area contributed by atoms with Crippen LogP contribution in [0, 0.1) is 11.3 Å². The monoisotopic (exact) mass is 307 g/mol. The fourth-order valence-corrected chi connectivity index (χ4v) is 2.31. The lowest BCUT2D eigenvalue weighted by molar-refractivity contribution is -0.130. The van der Waals surface area contributed by atoms with Crippen LogP contribution in [0.2, 0.25) is 0 Å². The van der Waals surface area contributed by atoms with Crippen molar-refractivity contribution in [3.8, 4) is 6.07 Å². The van der Waals surface area contributed by atoms with Gasteiger partial charge in [-0.05, 0) is 24.6 Å². The van der Waals surface area contributed by atoms with Crippen molar-refractivity contribution in [2.75, 3.05) is 6.54 Å². The van der Waals surface area contributed by atoms with Gasteiger partial charge in [0.2, 0.25) is 0 Å². The van der Waals surface area contributed by atoms with Crippen LogP contribution in [0.25, 0.3) is 0 Å². The molecule has 0 spiro atoms. The molecule has 1 N–H and O–H groups in total. The lowest BCUT2D eigenvalue weighted by Crippen LogP contribution is -2.40. The van der Waals surface area contributed by atoms with Crippen molar-refractivity contribution in [2.24, 2.45) is 0 Å². The number of hydrogen-bond donors (Lipinski definition) is 1. The van der Waals surface area contributed by atoms with Gasteiger partial charge >= 0.3 is 6.03 Å². The van der Waals surface area contributed by atoms with Crippen LogP contribution in [0.3, 0.4) is 0 Å². The second-order valence-corrected chi connectivity index (χ2v) is 5.03. The van der Waals surface area contributed by atoms with Gasteiger partial charge in [0.05, 0.1) is 6.07 Å². The van der Waals surface area contributed by atoms with Crippen molar-refractivity contribution >= 4 is 27.9 Å². The van der Waals surface area contributed by atoms with E-state index in [9.17, 15) is 9.59 Å². The number of amides is 3. The van der Waals surface area contributed by atoms with Crippen LogP contribution in [0.4, 0.5) is 4.79 Å². The standard InChI is InChI=1S/C12H10BrN3O2/c1-12(8-3-2-4-9(13)7-8)10(17)16(6-5-14)11(18)15-12/h2-4,7H,6H2,1H3,(H,15,18). The zero-order chi connectivity index (χ0) is 13.3. The smallest absolute Gasteiger partial charge is 0.319 e. The highest BCUT2D eigenvalue weighted by atomic mass is 79.9. The van der Waals surface area contributed by atoms with E-state index in [1.54, 1.807) is 31.2 Å². The summed E-state index contributed by atoms with van der Waals surface area (Å²) in [5.41, 5.74) is -0.437. The predicted octanol–water partition coefficient (Wildman–Crippen LogP) is 1.74. The zero-order valence-corrected chi connectivity index (χ0v) is 11.2. The Hall–Kier alpha value is -1.87. The summed E-state index contributed by atoms with van der Waals surface area (Å²) in [6.45, 7) is 1.39. The Morgan fingerprint density at radius 2 is 2.22 bits per heavy atom. The second kappa shape index (κ2) is 4.42.